The van der Waals surface area contributed by atoms with Gasteiger partial charge in [-0.2, -0.15) is 0 Å². The van der Waals surface area contributed by atoms with Gasteiger partial charge in [0.2, 0.25) is 0 Å². The molecule has 0 saturated heterocycles. The molecule has 0 aromatic carbocycles. The van der Waals surface area contributed by atoms with Crippen molar-refractivity contribution in [3.8, 4) is 0 Å². The third-order valence-corrected chi connectivity index (χ3v) is 1.16. The summed E-state index contributed by atoms with van der Waals surface area (Å²) in [5.41, 5.74) is 0. The van der Waals surface area contributed by atoms with Gasteiger partial charge in [-0.3, -0.25) is 0 Å². The average molecular weight is 149 g/mol. The van der Waals surface area contributed by atoms with E-state index in [0.717, 1.165) is 0 Å². The zero-order valence-corrected chi connectivity index (χ0v) is 6.55. The summed E-state index contributed by atoms with van der Waals surface area (Å²) < 4.78 is 14.4. The second-order valence-corrected chi connectivity index (χ2v) is 1.67. The maximum Gasteiger partial charge on any atom is 0.310 e. The number of hydrogen-bond donors (Lipinski definition) is 0. The largest absolute Gasteiger partial charge is 0.329 e. The fourth-order valence-corrected chi connectivity index (χ4v) is 0.581. The Morgan fingerprint density at radius 3 is 1.90 bits per heavy atom. The van der Waals surface area contributed by atoms with E-state index in [1.165, 1.54) is 14.2 Å². The minimum atomic E-state index is -1.38. The summed E-state index contributed by atoms with van der Waals surface area (Å²) in [6.45, 7) is 1.60. The van der Waals surface area contributed by atoms with Gasteiger partial charge in [-0.25, -0.2) is 5.11 Å². The summed E-state index contributed by atoms with van der Waals surface area (Å²) in [4.78, 5) is 0. The molecule has 0 atom stereocenters. The molecule has 61 valence electrons. The van der Waals surface area contributed by atoms with Crippen molar-refractivity contribution >= 4 is 0 Å². The fraction of sp³-hybridized carbons (Fsp3) is 1.00. The van der Waals surface area contributed by atoms with Crippen LogP contribution >= 0.6 is 0 Å². The lowest BCUT2D eigenvalue weighted by Gasteiger charge is -2.26. The third-order valence-electron chi connectivity index (χ3n) is 1.16. The maximum atomic E-state index is 10.4. The van der Waals surface area contributed by atoms with Crippen molar-refractivity contribution in [3.63, 3.8) is 0 Å². The fourth-order valence-electron chi connectivity index (χ4n) is 0.581. The van der Waals surface area contributed by atoms with Gasteiger partial charge in [0.05, 0.1) is 0 Å². The Morgan fingerprint density at radius 1 is 1.30 bits per heavy atom. The molecule has 0 aliphatic heterocycles. The Labute approximate surface area is 60.7 Å². The minimum Gasteiger partial charge on any atom is -0.329 e. The standard InChI is InChI=1S/C6H13O4/c1-4-10-6(5-7,8-2)9-3/h4-5H2,1-3H3. The second-order valence-electron chi connectivity index (χ2n) is 1.67. The van der Waals surface area contributed by atoms with Crippen molar-refractivity contribution in [1.29, 1.82) is 0 Å². The number of rotatable bonds is 5. The van der Waals surface area contributed by atoms with Gasteiger partial charge in [-0.05, 0) is 6.92 Å². The molecular weight excluding hydrogens is 136 g/mol. The molecule has 0 spiro atoms. The SMILES string of the molecule is CCOC(C[O])(OC)OC. The molecule has 0 aromatic rings. The van der Waals surface area contributed by atoms with Crippen molar-refractivity contribution in [1.82, 2.24) is 0 Å². The molecule has 0 aliphatic rings. The molecule has 0 rings (SSSR count). The second kappa shape index (κ2) is 4.62. The Kier molecular flexibility index (Phi) is 4.55. The van der Waals surface area contributed by atoms with Crippen molar-refractivity contribution in [2.45, 2.75) is 12.9 Å². The molecule has 0 aromatic heterocycles. The lowest BCUT2D eigenvalue weighted by molar-refractivity contribution is -0.377. The summed E-state index contributed by atoms with van der Waals surface area (Å²) in [5.74, 6) is -1.38. The van der Waals surface area contributed by atoms with Crippen molar-refractivity contribution in [2.24, 2.45) is 0 Å². The van der Waals surface area contributed by atoms with Crippen LogP contribution in [-0.4, -0.2) is 33.4 Å². The highest BCUT2D eigenvalue weighted by atomic mass is 16.9. The summed E-state index contributed by atoms with van der Waals surface area (Å²) in [5, 5.41) is 10.4. The Hall–Kier alpha value is -0.160. The highest BCUT2D eigenvalue weighted by Gasteiger charge is 2.30. The smallest absolute Gasteiger partial charge is 0.310 e. The summed E-state index contributed by atoms with van der Waals surface area (Å²) in [6, 6.07) is 0. The average Bonchev–Trinajstić information content (AvgIpc) is 2.01. The third kappa shape index (κ3) is 2.22. The molecule has 0 bridgehead atoms. The number of hydrogen-bond acceptors (Lipinski definition) is 3. The molecule has 0 N–H and O–H groups in total. The molecular formula is C6H13O4. The topological polar surface area (TPSA) is 47.6 Å². The molecule has 1 radical (unpaired) electrons. The summed E-state index contributed by atoms with van der Waals surface area (Å²) >= 11 is 0. The van der Waals surface area contributed by atoms with Crippen molar-refractivity contribution in [3.05, 3.63) is 0 Å². The van der Waals surface area contributed by atoms with Crippen LogP contribution in [0.25, 0.3) is 0 Å². The summed E-state index contributed by atoms with van der Waals surface area (Å²) in [6.07, 6.45) is 0. The lowest BCUT2D eigenvalue weighted by Crippen LogP contribution is -2.40. The molecule has 0 heterocycles. The zero-order chi connectivity index (χ0) is 8.04. The van der Waals surface area contributed by atoms with Gasteiger partial charge >= 0.3 is 5.97 Å². The van der Waals surface area contributed by atoms with Crippen LogP contribution in [-0.2, 0) is 19.3 Å². The monoisotopic (exact) mass is 149 g/mol. The van der Waals surface area contributed by atoms with Gasteiger partial charge in [-0.15, -0.1) is 0 Å². The van der Waals surface area contributed by atoms with Crippen LogP contribution < -0.4 is 0 Å². The van der Waals surface area contributed by atoms with Crippen molar-refractivity contribution in [2.75, 3.05) is 27.4 Å². The van der Waals surface area contributed by atoms with E-state index in [4.69, 9.17) is 14.2 Å². The number of ether oxygens (including phenoxy) is 3. The molecule has 0 saturated carbocycles. The van der Waals surface area contributed by atoms with Crippen LogP contribution in [0, 0.1) is 0 Å². The van der Waals surface area contributed by atoms with E-state index < -0.39 is 12.6 Å². The van der Waals surface area contributed by atoms with E-state index in [-0.39, 0.29) is 0 Å². The van der Waals surface area contributed by atoms with Crippen LogP contribution in [0.2, 0.25) is 0 Å². The highest BCUT2D eigenvalue weighted by molar-refractivity contribution is 4.50. The molecule has 4 nitrogen and oxygen atoms in total. The predicted octanol–water partition coefficient (Wildman–Crippen LogP) is 0.400. The molecule has 4 heteroatoms. The van der Waals surface area contributed by atoms with E-state index in [0.29, 0.717) is 6.61 Å². The van der Waals surface area contributed by atoms with Gasteiger partial charge in [0.1, 0.15) is 0 Å². The van der Waals surface area contributed by atoms with Crippen LogP contribution in [0.5, 0.6) is 0 Å². The first-order valence-electron chi connectivity index (χ1n) is 3.07. The maximum absolute atomic E-state index is 10.4. The lowest BCUT2D eigenvalue weighted by atomic mass is 10.6. The minimum absolute atomic E-state index is 0.393. The van der Waals surface area contributed by atoms with Crippen LogP contribution in [0.3, 0.4) is 0 Å². The van der Waals surface area contributed by atoms with E-state index in [9.17, 15) is 5.11 Å². The Morgan fingerprint density at radius 2 is 1.80 bits per heavy atom. The quantitative estimate of drug-likeness (QED) is 0.531. The predicted molar refractivity (Wildman–Crippen MR) is 33.9 cm³/mol. The van der Waals surface area contributed by atoms with E-state index in [2.05, 4.69) is 0 Å². The zero-order valence-electron chi connectivity index (χ0n) is 6.55. The molecule has 0 amide bonds. The molecule has 0 unspecified atom stereocenters. The number of methoxy groups -OCH3 is 2. The normalized spacial score (nSPS) is 12.0. The van der Waals surface area contributed by atoms with Crippen LogP contribution in [0.15, 0.2) is 0 Å². The van der Waals surface area contributed by atoms with Crippen LogP contribution in [0.4, 0.5) is 0 Å². The molecule has 0 fully saturated rings. The van der Waals surface area contributed by atoms with Gasteiger partial charge in [0.25, 0.3) is 0 Å². The molecule has 0 aliphatic carbocycles. The first kappa shape index (κ1) is 9.84. The van der Waals surface area contributed by atoms with Gasteiger partial charge in [0, 0.05) is 20.8 Å². The van der Waals surface area contributed by atoms with E-state index in [1.54, 1.807) is 6.92 Å². The Bertz CT molecular complexity index is 71.6. The Balaban J connectivity index is 3.87. The first-order chi connectivity index (χ1) is 4.74. The summed E-state index contributed by atoms with van der Waals surface area (Å²) in [7, 11) is 2.74. The van der Waals surface area contributed by atoms with E-state index in [1.807, 2.05) is 0 Å². The van der Waals surface area contributed by atoms with Gasteiger partial charge < -0.3 is 14.2 Å². The van der Waals surface area contributed by atoms with E-state index >= 15 is 0 Å². The van der Waals surface area contributed by atoms with Crippen LogP contribution in [0.1, 0.15) is 6.92 Å². The van der Waals surface area contributed by atoms with Gasteiger partial charge in [-0.1, -0.05) is 0 Å². The van der Waals surface area contributed by atoms with Gasteiger partial charge in [0.15, 0.2) is 6.61 Å². The van der Waals surface area contributed by atoms with Crippen molar-refractivity contribution < 1.29 is 19.3 Å². The molecule has 10 heavy (non-hydrogen) atoms. The highest BCUT2D eigenvalue weighted by Crippen LogP contribution is 2.11. The first-order valence-corrected chi connectivity index (χ1v) is 3.07.